The molecule has 179 valence electrons. The standard InChI is InChI=1S/C31H55/c1-4-6-8-10-12-14-16-18-20-22-26-30-27-24-25-29(3)31(30)28-23-21-19-17-15-13-11-9-7-5-2/h24-25H,4-23,26,28H2,1-3H3. The fourth-order valence-corrected chi connectivity index (χ4v) is 4.84. The van der Waals surface area contributed by atoms with Gasteiger partial charge < -0.3 is 0 Å². The highest BCUT2D eigenvalue weighted by atomic mass is 14.1. The van der Waals surface area contributed by atoms with Gasteiger partial charge >= 0.3 is 0 Å². The second kappa shape index (κ2) is 21.1. The Morgan fingerprint density at radius 2 is 0.903 bits per heavy atom. The third kappa shape index (κ3) is 15.6. The molecular weight excluding hydrogens is 372 g/mol. The third-order valence-corrected chi connectivity index (χ3v) is 6.99. The Morgan fingerprint density at radius 3 is 1.35 bits per heavy atom. The molecule has 1 rings (SSSR count). The summed E-state index contributed by atoms with van der Waals surface area (Å²) in [5, 5.41) is 0. The fraction of sp³-hybridized carbons (Fsp3) is 0.806. The number of hydrogen-bond acceptors (Lipinski definition) is 0. The maximum Gasteiger partial charge on any atom is -0.0146 e. The minimum atomic E-state index is 1.24. The molecule has 0 saturated carbocycles. The summed E-state index contributed by atoms with van der Waals surface area (Å²) in [4.78, 5) is 0. The van der Waals surface area contributed by atoms with Gasteiger partial charge in [0.1, 0.15) is 0 Å². The zero-order valence-electron chi connectivity index (χ0n) is 21.7. The van der Waals surface area contributed by atoms with Crippen molar-refractivity contribution >= 4 is 0 Å². The average Bonchev–Trinajstić information content (AvgIpc) is 2.77. The second-order valence-electron chi connectivity index (χ2n) is 9.98. The van der Waals surface area contributed by atoms with E-state index in [0.29, 0.717) is 0 Å². The molecule has 0 aromatic heterocycles. The summed E-state index contributed by atoms with van der Waals surface area (Å²) in [5.74, 6) is 0. The van der Waals surface area contributed by atoms with Crippen molar-refractivity contribution in [3.63, 3.8) is 0 Å². The van der Waals surface area contributed by atoms with Crippen LogP contribution in [0.2, 0.25) is 0 Å². The molecule has 0 aliphatic rings. The van der Waals surface area contributed by atoms with Crippen LogP contribution in [-0.2, 0) is 12.8 Å². The van der Waals surface area contributed by atoms with E-state index >= 15 is 0 Å². The van der Waals surface area contributed by atoms with Crippen molar-refractivity contribution in [1.82, 2.24) is 0 Å². The summed E-state index contributed by atoms with van der Waals surface area (Å²) in [7, 11) is 0. The van der Waals surface area contributed by atoms with Crippen molar-refractivity contribution in [3.05, 3.63) is 34.9 Å². The molecule has 0 heterocycles. The molecule has 31 heavy (non-hydrogen) atoms. The van der Waals surface area contributed by atoms with E-state index in [0.717, 1.165) is 0 Å². The zero-order chi connectivity index (χ0) is 22.4. The molecule has 0 unspecified atom stereocenters. The minimum absolute atomic E-state index is 1.24. The first-order chi connectivity index (χ1) is 15.3. The number of hydrogen-bond donors (Lipinski definition) is 0. The van der Waals surface area contributed by atoms with Crippen LogP contribution in [0.1, 0.15) is 159 Å². The average molecular weight is 428 g/mol. The van der Waals surface area contributed by atoms with E-state index in [-0.39, 0.29) is 0 Å². The molecule has 0 aliphatic heterocycles. The Kier molecular flexibility index (Phi) is 19.2. The number of unbranched alkanes of at least 4 members (excludes halogenated alkanes) is 18. The highest BCUT2D eigenvalue weighted by Gasteiger charge is 2.06. The Hall–Kier alpha value is -0.780. The lowest BCUT2D eigenvalue weighted by atomic mass is 9.93. The van der Waals surface area contributed by atoms with Crippen LogP contribution in [0.25, 0.3) is 0 Å². The molecular formula is C31H55. The van der Waals surface area contributed by atoms with Crippen molar-refractivity contribution < 1.29 is 0 Å². The van der Waals surface area contributed by atoms with Crippen LogP contribution in [0.3, 0.4) is 0 Å². The fourth-order valence-electron chi connectivity index (χ4n) is 4.84. The van der Waals surface area contributed by atoms with E-state index in [2.05, 4.69) is 39.0 Å². The second-order valence-corrected chi connectivity index (χ2v) is 9.98. The third-order valence-electron chi connectivity index (χ3n) is 6.99. The van der Waals surface area contributed by atoms with Crippen LogP contribution >= 0.6 is 0 Å². The number of rotatable bonds is 22. The molecule has 1 radical (unpaired) electrons. The van der Waals surface area contributed by atoms with Crippen LogP contribution in [0.5, 0.6) is 0 Å². The van der Waals surface area contributed by atoms with Gasteiger partial charge in [-0.3, -0.25) is 0 Å². The molecule has 0 N–H and O–H groups in total. The summed E-state index contributed by atoms with van der Waals surface area (Å²) < 4.78 is 0. The van der Waals surface area contributed by atoms with E-state index in [1.165, 1.54) is 152 Å². The number of aryl methyl sites for hydroxylation is 2. The molecule has 1 aromatic carbocycles. The topological polar surface area (TPSA) is 0 Å². The molecule has 0 fully saturated rings. The van der Waals surface area contributed by atoms with Crippen LogP contribution in [0.4, 0.5) is 0 Å². The van der Waals surface area contributed by atoms with Gasteiger partial charge in [0.15, 0.2) is 0 Å². The normalized spacial score (nSPS) is 11.3. The molecule has 0 spiro atoms. The molecule has 0 heteroatoms. The minimum Gasteiger partial charge on any atom is -0.0654 e. The van der Waals surface area contributed by atoms with Gasteiger partial charge in [0.05, 0.1) is 0 Å². The van der Waals surface area contributed by atoms with Crippen LogP contribution < -0.4 is 0 Å². The van der Waals surface area contributed by atoms with Gasteiger partial charge in [-0.1, -0.05) is 142 Å². The molecule has 0 aliphatic carbocycles. The maximum atomic E-state index is 3.59. The lowest BCUT2D eigenvalue weighted by molar-refractivity contribution is 0.553. The predicted molar refractivity (Wildman–Crippen MR) is 141 cm³/mol. The first-order valence-electron chi connectivity index (χ1n) is 14.3. The van der Waals surface area contributed by atoms with Gasteiger partial charge in [-0.05, 0) is 55.4 Å². The first-order valence-corrected chi connectivity index (χ1v) is 14.3. The van der Waals surface area contributed by atoms with Gasteiger partial charge in [-0.25, -0.2) is 0 Å². The van der Waals surface area contributed by atoms with Crippen LogP contribution in [0, 0.1) is 13.0 Å². The largest absolute Gasteiger partial charge is 0.0654 e. The van der Waals surface area contributed by atoms with Gasteiger partial charge in [0.2, 0.25) is 0 Å². The highest BCUT2D eigenvalue weighted by Crippen LogP contribution is 2.21. The maximum absolute atomic E-state index is 3.59. The summed E-state index contributed by atoms with van der Waals surface area (Å²) in [6.07, 6.45) is 30.9. The van der Waals surface area contributed by atoms with Gasteiger partial charge in [-0.15, -0.1) is 0 Å². The number of benzene rings is 1. The summed E-state index contributed by atoms with van der Waals surface area (Å²) >= 11 is 0. The Morgan fingerprint density at radius 1 is 0.516 bits per heavy atom. The Labute approximate surface area is 197 Å². The highest BCUT2D eigenvalue weighted by molar-refractivity contribution is 5.33. The van der Waals surface area contributed by atoms with E-state index in [9.17, 15) is 0 Å². The zero-order valence-corrected chi connectivity index (χ0v) is 21.7. The van der Waals surface area contributed by atoms with E-state index < -0.39 is 0 Å². The summed E-state index contributed by atoms with van der Waals surface area (Å²) in [5.41, 5.74) is 4.64. The molecule has 0 atom stereocenters. The Balaban J connectivity index is 2.11. The lowest BCUT2D eigenvalue weighted by Gasteiger charge is -2.12. The van der Waals surface area contributed by atoms with Gasteiger partial charge in [-0.2, -0.15) is 0 Å². The van der Waals surface area contributed by atoms with Gasteiger partial charge in [0.25, 0.3) is 0 Å². The van der Waals surface area contributed by atoms with E-state index in [1.807, 2.05) is 0 Å². The van der Waals surface area contributed by atoms with Gasteiger partial charge in [0, 0.05) is 0 Å². The van der Waals surface area contributed by atoms with Crippen molar-refractivity contribution in [3.8, 4) is 0 Å². The first kappa shape index (κ1) is 28.3. The van der Waals surface area contributed by atoms with Crippen LogP contribution in [0.15, 0.2) is 12.1 Å². The van der Waals surface area contributed by atoms with E-state index in [4.69, 9.17) is 0 Å². The molecule has 0 bridgehead atoms. The van der Waals surface area contributed by atoms with Crippen molar-refractivity contribution in [2.75, 3.05) is 0 Å². The predicted octanol–water partition coefficient (Wildman–Crippen LogP) is 10.7. The molecule has 0 nitrogen and oxygen atoms in total. The quantitative estimate of drug-likeness (QED) is 0.161. The molecule has 0 amide bonds. The Bertz CT molecular complexity index is 501. The molecule has 1 aromatic rings. The summed E-state index contributed by atoms with van der Waals surface area (Å²) in [6.45, 7) is 6.91. The summed E-state index contributed by atoms with van der Waals surface area (Å²) in [6, 6.07) is 8.02. The van der Waals surface area contributed by atoms with E-state index in [1.54, 1.807) is 5.56 Å². The molecule has 0 saturated heterocycles. The monoisotopic (exact) mass is 427 g/mol. The van der Waals surface area contributed by atoms with Crippen molar-refractivity contribution in [1.29, 1.82) is 0 Å². The smallest absolute Gasteiger partial charge is 0.0146 e. The van der Waals surface area contributed by atoms with Crippen LogP contribution in [-0.4, -0.2) is 0 Å². The SMILES string of the molecule is CCCCCCCCCCCCc1[c]ccc(C)c1CCCCCCCCCCCC. The lowest BCUT2D eigenvalue weighted by Crippen LogP contribution is -1.99. The van der Waals surface area contributed by atoms with Crippen molar-refractivity contribution in [2.45, 2.75) is 162 Å². The van der Waals surface area contributed by atoms with Crippen molar-refractivity contribution in [2.24, 2.45) is 0 Å².